The molecule has 3 N–H and O–H groups in total. The fraction of sp³-hybridized carbons (Fsp3) is 0.0500. The third-order valence-corrected chi connectivity index (χ3v) is 6.67. The van der Waals surface area contributed by atoms with E-state index in [1.54, 1.807) is 30.3 Å². The number of nitrogens with zero attached hydrogens (tertiary/aromatic N) is 3. The van der Waals surface area contributed by atoms with Gasteiger partial charge in [-0.2, -0.15) is 0 Å². The summed E-state index contributed by atoms with van der Waals surface area (Å²) in [5.41, 5.74) is 1.16. The van der Waals surface area contributed by atoms with Gasteiger partial charge in [0.05, 0.1) is 26.9 Å². The van der Waals surface area contributed by atoms with Crippen LogP contribution < -0.4 is 10.5 Å². The molecule has 0 aliphatic heterocycles. The Hall–Kier alpha value is -3.12. The lowest BCUT2D eigenvalue weighted by Crippen LogP contribution is -2.21. The number of sulfonamides is 1. The minimum absolute atomic E-state index is 0.0930. The monoisotopic (exact) mass is 491 g/mol. The molecule has 2 heterocycles. The molecule has 32 heavy (non-hydrogen) atoms. The second-order valence-electron chi connectivity index (χ2n) is 6.65. The van der Waals surface area contributed by atoms with Crippen LogP contribution in [0.4, 0.5) is 4.39 Å². The minimum atomic E-state index is -3.98. The molecular weight excluding hydrogens is 477 g/mol. The Kier molecular flexibility index (Phi) is 6.07. The zero-order valence-electron chi connectivity index (χ0n) is 16.2. The highest BCUT2D eigenvalue weighted by Crippen LogP contribution is 2.28. The van der Waals surface area contributed by atoms with Crippen molar-refractivity contribution >= 4 is 38.9 Å². The van der Waals surface area contributed by atoms with Crippen LogP contribution in [0.3, 0.4) is 0 Å². The first-order valence-corrected chi connectivity index (χ1v) is 11.8. The fourth-order valence-corrected chi connectivity index (χ4v) is 4.73. The fourth-order valence-electron chi connectivity index (χ4n) is 3.00. The zero-order valence-corrected chi connectivity index (χ0v) is 18.6. The molecule has 8 nitrogen and oxygen atoms in total. The van der Waals surface area contributed by atoms with E-state index in [2.05, 4.69) is 15.6 Å². The normalized spacial score (nSPS) is 11.5. The Balaban J connectivity index is 1.54. The summed E-state index contributed by atoms with van der Waals surface area (Å²) in [5, 5.41) is 15.8. The van der Waals surface area contributed by atoms with Crippen LogP contribution in [-0.4, -0.2) is 29.3 Å². The molecule has 0 radical (unpaired) electrons. The van der Waals surface area contributed by atoms with Crippen molar-refractivity contribution in [2.24, 2.45) is 5.14 Å². The van der Waals surface area contributed by atoms with Crippen molar-refractivity contribution in [3.05, 3.63) is 81.5 Å². The van der Waals surface area contributed by atoms with Gasteiger partial charge in [0.25, 0.3) is 5.91 Å². The van der Waals surface area contributed by atoms with Crippen molar-refractivity contribution in [1.82, 2.24) is 20.3 Å². The van der Waals surface area contributed by atoms with Crippen LogP contribution in [0.2, 0.25) is 4.34 Å². The molecule has 0 fully saturated rings. The van der Waals surface area contributed by atoms with E-state index >= 15 is 0 Å². The second-order valence-corrected chi connectivity index (χ2v) is 9.89. The Morgan fingerprint density at radius 3 is 2.66 bits per heavy atom. The van der Waals surface area contributed by atoms with Crippen molar-refractivity contribution < 1.29 is 17.6 Å². The average molecular weight is 492 g/mol. The standard InChI is InChI=1S/C20H15ClFN5O3S2/c21-19-8-7-17(31-19)20(28)24-10-13-11-27(26-25-13)16-6-5-12(9-15(16)22)14-3-1-2-4-18(14)32(23,29)30/h1-9,11H,10H2,(H,24,28)(H2,23,29,30). The number of hydrogen-bond acceptors (Lipinski definition) is 6. The van der Waals surface area contributed by atoms with Crippen molar-refractivity contribution in [1.29, 1.82) is 0 Å². The number of nitrogens with two attached hydrogens (primary N) is 1. The van der Waals surface area contributed by atoms with Gasteiger partial charge in [0.15, 0.2) is 0 Å². The van der Waals surface area contributed by atoms with Gasteiger partial charge in [-0.25, -0.2) is 22.6 Å². The minimum Gasteiger partial charge on any atom is -0.346 e. The number of carbonyl (C=O) groups excluding carboxylic acids is 1. The SMILES string of the molecule is NS(=O)(=O)c1ccccc1-c1ccc(-n2cc(CNC(=O)c3ccc(Cl)s3)nn2)c(F)c1. The number of primary sulfonamides is 1. The number of carbonyl (C=O) groups is 1. The number of nitrogens with one attached hydrogen (secondary N) is 1. The summed E-state index contributed by atoms with van der Waals surface area (Å²) in [5.74, 6) is -0.944. The van der Waals surface area contributed by atoms with Gasteiger partial charge < -0.3 is 5.32 Å². The molecule has 0 saturated carbocycles. The third kappa shape index (κ3) is 4.70. The van der Waals surface area contributed by atoms with Gasteiger partial charge in [-0.15, -0.1) is 16.4 Å². The van der Waals surface area contributed by atoms with Crippen LogP contribution in [0.5, 0.6) is 0 Å². The highest BCUT2D eigenvalue weighted by molar-refractivity contribution is 7.89. The number of amides is 1. The molecule has 0 aliphatic rings. The van der Waals surface area contributed by atoms with E-state index in [0.717, 1.165) is 11.3 Å². The summed E-state index contributed by atoms with van der Waals surface area (Å²) in [6.45, 7) is 0.0930. The Bertz CT molecular complexity index is 1420. The van der Waals surface area contributed by atoms with Crippen LogP contribution in [0.1, 0.15) is 15.4 Å². The maximum Gasteiger partial charge on any atom is 0.261 e. The molecule has 2 aromatic carbocycles. The molecule has 0 bridgehead atoms. The maximum absolute atomic E-state index is 14.8. The van der Waals surface area contributed by atoms with Crippen molar-refractivity contribution in [3.8, 4) is 16.8 Å². The van der Waals surface area contributed by atoms with Crippen molar-refractivity contribution in [2.45, 2.75) is 11.4 Å². The van der Waals surface area contributed by atoms with E-state index < -0.39 is 15.8 Å². The first-order valence-electron chi connectivity index (χ1n) is 9.09. The van der Waals surface area contributed by atoms with E-state index in [1.807, 2.05) is 0 Å². The number of aromatic nitrogens is 3. The number of benzene rings is 2. The van der Waals surface area contributed by atoms with Crippen LogP contribution >= 0.6 is 22.9 Å². The lowest BCUT2D eigenvalue weighted by Gasteiger charge is -2.09. The highest BCUT2D eigenvalue weighted by Gasteiger charge is 2.17. The first kappa shape index (κ1) is 22.1. The van der Waals surface area contributed by atoms with E-state index in [1.165, 1.54) is 35.1 Å². The van der Waals surface area contributed by atoms with Crippen LogP contribution in [0, 0.1) is 5.82 Å². The third-order valence-electron chi connectivity index (χ3n) is 4.47. The molecule has 0 saturated heterocycles. The first-order chi connectivity index (χ1) is 15.2. The van der Waals surface area contributed by atoms with Gasteiger partial charge >= 0.3 is 0 Å². The zero-order chi connectivity index (χ0) is 22.9. The summed E-state index contributed by atoms with van der Waals surface area (Å²) >= 11 is 6.98. The summed E-state index contributed by atoms with van der Waals surface area (Å²) < 4.78 is 40.2. The number of rotatable bonds is 6. The van der Waals surface area contributed by atoms with Gasteiger partial charge in [0.2, 0.25) is 10.0 Å². The van der Waals surface area contributed by atoms with Gasteiger partial charge in [-0.05, 0) is 35.9 Å². The summed E-state index contributed by atoms with van der Waals surface area (Å²) in [7, 11) is -3.98. The van der Waals surface area contributed by atoms with Gasteiger partial charge in [0.1, 0.15) is 17.2 Å². The van der Waals surface area contributed by atoms with Crippen LogP contribution in [0.25, 0.3) is 16.8 Å². The molecule has 164 valence electrons. The molecule has 4 aromatic rings. The quantitative estimate of drug-likeness (QED) is 0.428. The lowest BCUT2D eigenvalue weighted by atomic mass is 10.1. The van der Waals surface area contributed by atoms with Crippen molar-refractivity contribution in [3.63, 3.8) is 0 Å². The highest BCUT2D eigenvalue weighted by atomic mass is 35.5. The molecule has 0 atom stereocenters. The lowest BCUT2D eigenvalue weighted by molar-refractivity contribution is 0.0954. The second kappa shape index (κ2) is 8.79. The Morgan fingerprint density at radius 2 is 1.97 bits per heavy atom. The largest absolute Gasteiger partial charge is 0.346 e. The number of halogens is 2. The Labute approximate surface area is 191 Å². The van der Waals surface area contributed by atoms with Crippen molar-refractivity contribution in [2.75, 3.05) is 0 Å². The molecule has 0 aliphatic carbocycles. The van der Waals surface area contributed by atoms with Gasteiger partial charge in [-0.1, -0.05) is 41.1 Å². The molecule has 0 spiro atoms. The summed E-state index contributed by atoms with van der Waals surface area (Å²) in [4.78, 5) is 12.5. The van der Waals surface area contributed by atoms with Gasteiger partial charge in [-0.3, -0.25) is 4.79 Å². The smallest absolute Gasteiger partial charge is 0.261 e. The molecule has 0 unspecified atom stereocenters. The van der Waals surface area contributed by atoms with E-state index in [-0.39, 0.29) is 28.6 Å². The predicted molar refractivity (Wildman–Crippen MR) is 119 cm³/mol. The number of hydrogen-bond donors (Lipinski definition) is 2. The summed E-state index contributed by atoms with van der Waals surface area (Å²) in [6, 6.07) is 13.5. The average Bonchev–Trinajstić information content (AvgIpc) is 3.40. The molecular formula is C20H15ClFN5O3S2. The molecule has 2 aromatic heterocycles. The Morgan fingerprint density at radius 1 is 1.19 bits per heavy atom. The van der Waals surface area contributed by atoms with E-state index in [0.29, 0.717) is 20.5 Å². The predicted octanol–water partition coefficient (Wildman–Crippen LogP) is 3.37. The topological polar surface area (TPSA) is 120 Å². The van der Waals surface area contributed by atoms with E-state index in [4.69, 9.17) is 16.7 Å². The summed E-state index contributed by atoms with van der Waals surface area (Å²) in [6.07, 6.45) is 1.48. The van der Waals surface area contributed by atoms with Gasteiger partial charge in [0, 0.05) is 5.56 Å². The molecule has 4 rings (SSSR count). The van der Waals surface area contributed by atoms with E-state index in [9.17, 15) is 17.6 Å². The maximum atomic E-state index is 14.8. The van der Waals surface area contributed by atoms with Crippen LogP contribution in [-0.2, 0) is 16.6 Å². The molecule has 1 amide bonds. The van der Waals surface area contributed by atoms with Crippen LogP contribution in [0.15, 0.2) is 65.7 Å². The number of thiophene rings is 1. The molecule has 12 heteroatoms.